The molecule has 5 rings (SSSR count). The molecule has 0 N–H and O–H groups in total. The van der Waals surface area contributed by atoms with Crippen molar-refractivity contribution in [2.75, 3.05) is 18.0 Å². The maximum atomic E-state index is 12.1. The quantitative estimate of drug-likeness (QED) is 0.598. The second kappa shape index (κ2) is 7.27. The van der Waals surface area contributed by atoms with Gasteiger partial charge in [-0.2, -0.15) is 5.26 Å². The van der Waals surface area contributed by atoms with Gasteiger partial charge in [-0.1, -0.05) is 48.5 Å². The number of anilines is 1. The predicted molar refractivity (Wildman–Crippen MR) is 119 cm³/mol. The minimum absolute atomic E-state index is 0.353. The fourth-order valence-electron chi connectivity index (χ4n) is 5.34. The average molecular weight is 396 g/mol. The molecule has 0 radical (unpaired) electrons. The van der Waals surface area contributed by atoms with E-state index >= 15 is 0 Å². The summed E-state index contributed by atoms with van der Waals surface area (Å²) in [5.74, 6) is 0. The van der Waals surface area contributed by atoms with Crippen LogP contribution in [0.2, 0.25) is 0 Å². The van der Waals surface area contributed by atoms with Gasteiger partial charge in [0, 0.05) is 24.8 Å². The van der Waals surface area contributed by atoms with Crippen LogP contribution in [0.15, 0.2) is 60.7 Å². The third kappa shape index (κ3) is 2.89. The number of hydrogen-bond donors (Lipinski definition) is 0. The largest absolute Gasteiger partial charge is 0.296 e. The van der Waals surface area contributed by atoms with Crippen molar-refractivity contribution in [3.63, 3.8) is 0 Å². The Morgan fingerprint density at radius 2 is 1.83 bits per heavy atom. The lowest BCUT2D eigenvalue weighted by molar-refractivity contribution is -0.108. The molecule has 1 fully saturated rings. The monoisotopic (exact) mass is 395 g/mol. The van der Waals surface area contributed by atoms with Gasteiger partial charge in [0.15, 0.2) is 0 Å². The third-order valence-corrected chi connectivity index (χ3v) is 6.92. The van der Waals surface area contributed by atoms with Crippen LogP contribution < -0.4 is 4.90 Å². The van der Waals surface area contributed by atoms with Crippen LogP contribution in [0, 0.1) is 18.3 Å². The smallest absolute Gasteiger partial charge is 0.215 e. The highest BCUT2D eigenvalue weighted by atomic mass is 16.1. The van der Waals surface area contributed by atoms with Crippen LogP contribution in [-0.4, -0.2) is 29.9 Å². The van der Waals surface area contributed by atoms with Crippen molar-refractivity contribution in [1.82, 2.24) is 4.90 Å². The molecular weight excluding hydrogens is 370 g/mol. The van der Waals surface area contributed by atoms with Crippen molar-refractivity contribution in [2.24, 2.45) is 0 Å². The molecular formula is C26H25N3O. The number of carbonyl (C=O) groups excluding carboxylic acids is 1. The van der Waals surface area contributed by atoms with Crippen LogP contribution >= 0.6 is 0 Å². The first-order chi connectivity index (χ1) is 14.6. The van der Waals surface area contributed by atoms with E-state index in [-0.39, 0.29) is 0 Å². The van der Waals surface area contributed by atoms with Crippen molar-refractivity contribution in [2.45, 2.75) is 37.8 Å². The summed E-state index contributed by atoms with van der Waals surface area (Å²) >= 11 is 0. The fourth-order valence-corrected chi connectivity index (χ4v) is 5.34. The van der Waals surface area contributed by atoms with Crippen molar-refractivity contribution < 1.29 is 4.79 Å². The molecule has 0 bridgehead atoms. The standard InChI is InChI=1S/C26H25N3O/c1-19-5-2-9-22(15-19)29(18-30)26(17-27)11-13-28(14-12-26)24-16-21-8-3-6-20-7-4-10-23(24)25(20)21/h2-10,15,18,24H,11-14,16H2,1H3. The molecule has 1 aliphatic heterocycles. The Morgan fingerprint density at radius 3 is 2.53 bits per heavy atom. The third-order valence-electron chi connectivity index (χ3n) is 6.92. The van der Waals surface area contributed by atoms with Gasteiger partial charge in [-0.15, -0.1) is 0 Å². The molecule has 3 aromatic rings. The highest BCUT2D eigenvalue weighted by Gasteiger charge is 2.43. The van der Waals surface area contributed by atoms with E-state index in [0.717, 1.165) is 37.2 Å². The minimum atomic E-state index is -0.788. The molecule has 4 heteroatoms. The van der Waals surface area contributed by atoms with Crippen LogP contribution in [0.4, 0.5) is 5.69 Å². The summed E-state index contributed by atoms with van der Waals surface area (Å²) in [5.41, 5.74) is 3.92. The summed E-state index contributed by atoms with van der Waals surface area (Å²) in [4.78, 5) is 16.2. The Balaban J connectivity index is 1.40. The Hall–Kier alpha value is -3.16. The van der Waals surface area contributed by atoms with E-state index in [1.165, 1.54) is 21.9 Å². The molecule has 3 aromatic carbocycles. The van der Waals surface area contributed by atoms with Gasteiger partial charge in [-0.05, 0) is 65.8 Å². The van der Waals surface area contributed by atoms with E-state index in [9.17, 15) is 10.1 Å². The molecule has 1 heterocycles. The van der Waals surface area contributed by atoms with Gasteiger partial charge >= 0.3 is 0 Å². The molecule has 30 heavy (non-hydrogen) atoms. The topological polar surface area (TPSA) is 47.3 Å². The van der Waals surface area contributed by atoms with E-state index in [1.54, 1.807) is 4.90 Å². The number of amides is 1. The number of carbonyl (C=O) groups is 1. The highest BCUT2D eigenvalue weighted by molar-refractivity contribution is 5.91. The summed E-state index contributed by atoms with van der Waals surface area (Å²) in [5, 5.41) is 12.8. The molecule has 2 aliphatic rings. The average Bonchev–Trinajstić information content (AvgIpc) is 3.15. The Labute approximate surface area is 177 Å². The van der Waals surface area contributed by atoms with Crippen molar-refractivity contribution >= 4 is 22.9 Å². The number of rotatable bonds is 4. The van der Waals surface area contributed by atoms with E-state index in [1.807, 2.05) is 31.2 Å². The second-order valence-electron chi connectivity index (χ2n) is 8.58. The zero-order valence-electron chi connectivity index (χ0n) is 17.2. The number of likely N-dealkylation sites (tertiary alicyclic amines) is 1. The number of nitrogens with zero attached hydrogens (tertiary/aromatic N) is 3. The van der Waals surface area contributed by atoms with Crippen LogP contribution in [-0.2, 0) is 11.2 Å². The Bertz CT molecular complexity index is 1150. The SMILES string of the molecule is Cc1cccc(N(C=O)C2(C#N)CCN(C3Cc4cccc5cccc3c45)CC2)c1. The molecule has 1 unspecified atom stereocenters. The van der Waals surface area contributed by atoms with Gasteiger partial charge in [0.05, 0.1) is 6.07 Å². The van der Waals surface area contributed by atoms with Gasteiger partial charge in [0.2, 0.25) is 6.41 Å². The number of hydrogen-bond acceptors (Lipinski definition) is 3. The van der Waals surface area contributed by atoms with Crippen LogP contribution in [0.3, 0.4) is 0 Å². The summed E-state index contributed by atoms with van der Waals surface area (Å²) in [6, 6.07) is 23.9. The fraction of sp³-hybridized carbons (Fsp3) is 0.308. The van der Waals surface area contributed by atoms with E-state index in [4.69, 9.17) is 0 Å². The maximum absolute atomic E-state index is 12.1. The zero-order chi connectivity index (χ0) is 20.7. The molecule has 4 nitrogen and oxygen atoms in total. The second-order valence-corrected chi connectivity index (χ2v) is 8.58. The van der Waals surface area contributed by atoms with E-state index in [2.05, 4.69) is 47.4 Å². The number of piperidine rings is 1. The zero-order valence-corrected chi connectivity index (χ0v) is 17.2. The Morgan fingerprint density at radius 1 is 1.10 bits per heavy atom. The lowest BCUT2D eigenvalue weighted by Crippen LogP contribution is -2.55. The summed E-state index contributed by atoms with van der Waals surface area (Å²) < 4.78 is 0. The first kappa shape index (κ1) is 18.8. The van der Waals surface area contributed by atoms with Crippen LogP contribution in [0.25, 0.3) is 10.8 Å². The van der Waals surface area contributed by atoms with Crippen molar-refractivity contribution in [1.29, 1.82) is 5.26 Å². The van der Waals surface area contributed by atoms with Gasteiger partial charge in [0.25, 0.3) is 0 Å². The van der Waals surface area contributed by atoms with Gasteiger partial charge < -0.3 is 0 Å². The first-order valence-electron chi connectivity index (χ1n) is 10.6. The number of benzene rings is 3. The van der Waals surface area contributed by atoms with Crippen LogP contribution in [0.5, 0.6) is 0 Å². The summed E-state index contributed by atoms with van der Waals surface area (Å²) in [6.45, 7) is 3.62. The van der Waals surface area contributed by atoms with E-state index in [0.29, 0.717) is 18.9 Å². The lowest BCUT2D eigenvalue weighted by Gasteiger charge is -2.44. The molecule has 1 amide bonds. The molecule has 1 saturated heterocycles. The van der Waals surface area contributed by atoms with E-state index < -0.39 is 5.54 Å². The predicted octanol–water partition coefficient (Wildman–Crippen LogP) is 4.77. The van der Waals surface area contributed by atoms with Gasteiger partial charge in [-0.3, -0.25) is 14.6 Å². The minimum Gasteiger partial charge on any atom is -0.296 e. The Kier molecular flexibility index (Phi) is 4.56. The summed E-state index contributed by atoms with van der Waals surface area (Å²) in [6.07, 6.45) is 3.16. The number of aryl methyl sites for hydroxylation is 1. The highest BCUT2D eigenvalue weighted by Crippen LogP contribution is 2.42. The normalized spacial score (nSPS) is 20.1. The van der Waals surface area contributed by atoms with Crippen molar-refractivity contribution in [3.8, 4) is 6.07 Å². The molecule has 1 atom stereocenters. The molecule has 0 saturated carbocycles. The van der Waals surface area contributed by atoms with Crippen molar-refractivity contribution in [3.05, 3.63) is 77.4 Å². The van der Waals surface area contributed by atoms with Crippen LogP contribution in [0.1, 0.15) is 35.6 Å². The van der Waals surface area contributed by atoms with Gasteiger partial charge in [-0.25, -0.2) is 0 Å². The lowest BCUT2D eigenvalue weighted by atomic mass is 9.85. The molecule has 0 aromatic heterocycles. The summed E-state index contributed by atoms with van der Waals surface area (Å²) in [7, 11) is 0. The first-order valence-corrected chi connectivity index (χ1v) is 10.6. The number of nitriles is 1. The maximum Gasteiger partial charge on any atom is 0.215 e. The molecule has 1 aliphatic carbocycles. The molecule has 0 spiro atoms. The molecule has 150 valence electrons. The van der Waals surface area contributed by atoms with Gasteiger partial charge in [0.1, 0.15) is 5.54 Å².